The van der Waals surface area contributed by atoms with Gasteiger partial charge in [-0.25, -0.2) is 9.59 Å². The maximum Gasteiger partial charge on any atom is 0.326 e. The second kappa shape index (κ2) is 9.78. The molecule has 0 spiro atoms. The zero-order valence-electron chi connectivity index (χ0n) is 17.9. The Balaban J connectivity index is 1.62. The average Bonchev–Trinajstić information content (AvgIpc) is 3.24. The predicted molar refractivity (Wildman–Crippen MR) is 119 cm³/mol. The Labute approximate surface area is 184 Å². The van der Waals surface area contributed by atoms with Crippen molar-refractivity contribution in [2.75, 3.05) is 10.6 Å². The Hall–Kier alpha value is -4.14. The van der Waals surface area contributed by atoms with E-state index < -0.39 is 17.9 Å². The van der Waals surface area contributed by atoms with Gasteiger partial charge in [-0.3, -0.25) is 4.79 Å². The minimum absolute atomic E-state index is 0.0911. The molecule has 166 valence electrons. The van der Waals surface area contributed by atoms with Gasteiger partial charge < -0.3 is 25.6 Å². The summed E-state index contributed by atoms with van der Waals surface area (Å²) in [5, 5.41) is 21.0. The number of carboxylic acids is 1. The van der Waals surface area contributed by atoms with Crippen LogP contribution >= 0.6 is 0 Å². The van der Waals surface area contributed by atoms with Crippen LogP contribution in [0, 0.1) is 12.8 Å². The number of aliphatic carboxylic acids is 1. The number of amides is 3. The first-order chi connectivity index (χ1) is 15.2. The van der Waals surface area contributed by atoms with E-state index in [9.17, 15) is 19.5 Å². The first-order valence-electron chi connectivity index (χ1n) is 9.98. The fraction of sp³-hybridized carbons (Fsp3) is 0.217. The summed E-state index contributed by atoms with van der Waals surface area (Å²) >= 11 is 0. The summed E-state index contributed by atoms with van der Waals surface area (Å²) in [4.78, 5) is 35.7. The summed E-state index contributed by atoms with van der Waals surface area (Å²) in [5.74, 6) is -2.16. The van der Waals surface area contributed by atoms with Crippen molar-refractivity contribution < 1.29 is 24.0 Å². The van der Waals surface area contributed by atoms with Gasteiger partial charge in [0.25, 0.3) is 5.91 Å². The van der Waals surface area contributed by atoms with Crippen LogP contribution in [0.3, 0.4) is 0 Å². The maximum atomic E-state index is 12.3. The first-order valence-corrected chi connectivity index (χ1v) is 9.98. The fourth-order valence-electron chi connectivity index (χ4n) is 2.90. The number of benzene rings is 2. The van der Waals surface area contributed by atoms with E-state index in [4.69, 9.17) is 4.52 Å². The third-order valence-corrected chi connectivity index (χ3v) is 4.70. The molecule has 1 atom stereocenters. The van der Waals surface area contributed by atoms with Gasteiger partial charge in [0.1, 0.15) is 11.7 Å². The standard InChI is InChI=1S/C23H24N4O5/c1-13(2)20(22(29)30)26-21(28)19-12-18(27-32-19)15-6-10-17(11-7-15)25-23(31)24-16-8-4-14(3)5-9-16/h4-13,20H,1-3H3,(H,26,28)(H,29,30)(H2,24,25,31)/t20-/m0/s1. The molecule has 0 fully saturated rings. The van der Waals surface area contributed by atoms with Crippen LogP contribution in [0.5, 0.6) is 0 Å². The van der Waals surface area contributed by atoms with Crippen molar-refractivity contribution >= 4 is 29.3 Å². The number of hydrogen-bond acceptors (Lipinski definition) is 5. The number of aromatic nitrogens is 1. The van der Waals surface area contributed by atoms with Crippen molar-refractivity contribution in [1.82, 2.24) is 10.5 Å². The minimum atomic E-state index is -1.12. The number of nitrogens with zero attached hydrogens (tertiary/aromatic N) is 1. The van der Waals surface area contributed by atoms with Gasteiger partial charge in [-0.15, -0.1) is 0 Å². The lowest BCUT2D eigenvalue weighted by molar-refractivity contribution is -0.140. The molecule has 0 bridgehead atoms. The van der Waals surface area contributed by atoms with Crippen LogP contribution in [0.1, 0.15) is 30.0 Å². The van der Waals surface area contributed by atoms with Gasteiger partial charge >= 0.3 is 12.0 Å². The van der Waals surface area contributed by atoms with Gasteiger partial charge in [0, 0.05) is 23.0 Å². The van der Waals surface area contributed by atoms with Gasteiger partial charge in [0.2, 0.25) is 5.76 Å². The van der Waals surface area contributed by atoms with Crippen molar-refractivity contribution in [1.29, 1.82) is 0 Å². The number of nitrogens with one attached hydrogen (secondary N) is 3. The molecule has 1 heterocycles. The van der Waals surface area contributed by atoms with Crippen molar-refractivity contribution in [2.24, 2.45) is 5.92 Å². The van der Waals surface area contributed by atoms with E-state index in [0.717, 1.165) is 5.56 Å². The zero-order chi connectivity index (χ0) is 23.3. The van der Waals surface area contributed by atoms with Crippen LogP contribution in [-0.4, -0.2) is 34.2 Å². The maximum absolute atomic E-state index is 12.3. The van der Waals surface area contributed by atoms with E-state index in [1.54, 1.807) is 38.1 Å². The predicted octanol–water partition coefficient (Wildman–Crippen LogP) is 4.13. The summed E-state index contributed by atoms with van der Waals surface area (Å²) in [6.45, 7) is 5.36. The molecule has 0 saturated carbocycles. The van der Waals surface area contributed by atoms with E-state index in [-0.39, 0.29) is 17.7 Å². The summed E-state index contributed by atoms with van der Waals surface area (Å²) in [6, 6.07) is 14.3. The van der Waals surface area contributed by atoms with E-state index in [0.29, 0.717) is 22.6 Å². The molecule has 0 aliphatic rings. The third kappa shape index (κ3) is 5.72. The zero-order valence-corrected chi connectivity index (χ0v) is 17.9. The summed E-state index contributed by atoms with van der Waals surface area (Å²) in [5.41, 5.74) is 3.42. The summed E-state index contributed by atoms with van der Waals surface area (Å²) < 4.78 is 5.08. The van der Waals surface area contributed by atoms with Gasteiger partial charge in [-0.2, -0.15) is 0 Å². The topological polar surface area (TPSA) is 134 Å². The lowest BCUT2D eigenvalue weighted by atomic mass is 10.0. The van der Waals surface area contributed by atoms with Crippen LogP contribution in [0.4, 0.5) is 16.2 Å². The Morgan fingerprint density at radius 3 is 2.03 bits per heavy atom. The van der Waals surface area contributed by atoms with Crippen molar-refractivity contribution in [3.63, 3.8) is 0 Å². The monoisotopic (exact) mass is 436 g/mol. The molecule has 3 aromatic rings. The fourth-order valence-corrected chi connectivity index (χ4v) is 2.90. The highest BCUT2D eigenvalue weighted by molar-refractivity contribution is 6.00. The van der Waals surface area contributed by atoms with Crippen molar-refractivity contribution in [2.45, 2.75) is 26.8 Å². The van der Waals surface area contributed by atoms with Crippen molar-refractivity contribution in [3.05, 3.63) is 65.9 Å². The Morgan fingerprint density at radius 2 is 1.50 bits per heavy atom. The highest BCUT2D eigenvalue weighted by atomic mass is 16.5. The second-order valence-electron chi connectivity index (χ2n) is 7.63. The molecule has 9 heteroatoms. The van der Waals surface area contributed by atoms with E-state index in [2.05, 4.69) is 21.1 Å². The molecule has 9 nitrogen and oxygen atoms in total. The molecule has 0 radical (unpaired) electrons. The molecule has 0 aliphatic carbocycles. The van der Waals surface area contributed by atoms with Crippen LogP contribution in [-0.2, 0) is 4.79 Å². The number of hydrogen-bond donors (Lipinski definition) is 4. The van der Waals surface area contributed by atoms with Crippen molar-refractivity contribution in [3.8, 4) is 11.3 Å². The van der Waals surface area contributed by atoms with Crippen LogP contribution in [0.15, 0.2) is 59.1 Å². The lowest BCUT2D eigenvalue weighted by Gasteiger charge is -2.16. The molecule has 3 rings (SSSR count). The Bertz CT molecular complexity index is 1100. The van der Waals surface area contributed by atoms with E-state index in [1.807, 2.05) is 31.2 Å². The Morgan fingerprint density at radius 1 is 0.938 bits per heavy atom. The molecule has 4 N–H and O–H groups in total. The number of anilines is 2. The third-order valence-electron chi connectivity index (χ3n) is 4.70. The number of aryl methyl sites for hydroxylation is 1. The quantitative estimate of drug-likeness (QED) is 0.440. The van der Waals surface area contributed by atoms with Crippen LogP contribution in [0.25, 0.3) is 11.3 Å². The number of carbonyl (C=O) groups excluding carboxylic acids is 2. The second-order valence-corrected chi connectivity index (χ2v) is 7.63. The largest absolute Gasteiger partial charge is 0.480 e. The van der Waals surface area contributed by atoms with Gasteiger partial charge in [-0.05, 0) is 37.1 Å². The lowest BCUT2D eigenvalue weighted by Crippen LogP contribution is -2.44. The smallest absolute Gasteiger partial charge is 0.326 e. The molecule has 0 aliphatic heterocycles. The van der Waals surface area contributed by atoms with Crippen LogP contribution in [0.2, 0.25) is 0 Å². The van der Waals surface area contributed by atoms with Gasteiger partial charge in [0.05, 0.1) is 0 Å². The SMILES string of the molecule is Cc1ccc(NC(=O)Nc2ccc(-c3cc(C(=O)N[C@H](C(=O)O)C(C)C)on3)cc2)cc1. The normalized spacial score (nSPS) is 11.6. The summed E-state index contributed by atoms with van der Waals surface area (Å²) in [7, 11) is 0. The number of rotatable bonds is 7. The number of carbonyl (C=O) groups is 3. The number of urea groups is 1. The average molecular weight is 436 g/mol. The molecule has 0 unspecified atom stereocenters. The Kier molecular flexibility index (Phi) is 6.89. The molecular formula is C23H24N4O5. The van der Waals surface area contributed by atoms with Gasteiger partial charge in [0.15, 0.2) is 0 Å². The minimum Gasteiger partial charge on any atom is -0.480 e. The van der Waals surface area contributed by atoms with Crippen LogP contribution < -0.4 is 16.0 Å². The van der Waals surface area contributed by atoms with Gasteiger partial charge in [-0.1, -0.05) is 48.8 Å². The summed E-state index contributed by atoms with van der Waals surface area (Å²) in [6.07, 6.45) is 0. The molecule has 32 heavy (non-hydrogen) atoms. The van der Waals surface area contributed by atoms with E-state index in [1.165, 1.54) is 6.07 Å². The number of carboxylic acid groups (broad SMARTS) is 1. The van der Waals surface area contributed by atoms with E-state index >= 15 is 0 Å². The molecular weight excluding hydrogens is 412 g/mol. The highest BCUT2D eigenvalue weighted by Gasteiger charge is 2.25. The first kappa shape index (κ1) is 22.5. The molecule has 2 aromatic carbocycles. The molecule has 1 aromatic heterocycles. The highest BCUT2D eigenvalue weighted by Crippen LogP contribution is 2.22. The molecule has 3 amide bonds. The molecule has 0 saturated heterocycles.